The molecule has 1 fully saturated rings. The molecule has 0 aromatic rings. The molecule has 0 aromatic carbocycles. The molecule has 0 saturated carbocycles. The Bertz CT molecular complexity index is 318. The Morgan fingerprint density at radius 2 is 1.89 bits per heavy atom. The van der Waals surface area contributed by atoms with Crippen LogP contribution in [0.4, 0.5) is 0 Å². The van der Waals surface area contributed by atoms with Crippen molar-refractivity contribution in [1.82, 2.24) is 10.4 Å². The number of amides is 1. The molecule has 19 heavy (non-hydrogen) atoms. The van der Waals surface area contributed by atoms with E-state index in [0.717, 1.165) is 12.8 Å². The van der Waals surface area contributed by atoms with Crippen LogP contribution >= 0.6 is 0 Å². The second-order valence-electron chi connectivity index (χ2n) is 6.01. The van der Waals surface area contributed by atoms with Gasteiger partial charge in [0.2, 0.25) is 5.91 Å². The van der Waals surface area contributed by atoms with Gasteiger partial charge in [0.15, 0.2) is 0 Å². The predicted octanol–water partition coefficient (Wildman–Crippen LogP) is 0.278. The molecule has 3 N–H and O–H groups in total. The third kappa shape index (κ3) is 5.57. The molecule has 1 heterocycles. The average molecular weight is 271 g/mol. The van der Waals surface area contributed by atoms with Gasteiger partial charge in [-0.05, 0) is 39.5 Å². The predicted molar refractivity (Wildman–Crippen MR) is 71.9 cm³/mol. The highest BCUT2D eigenvalue weighted by Gasteiger charge is 2.28. The van der Waals surface area contributed by atoms with E-state index in [1.54, 1.807) is 5.06 Å². The normalized spacial score (nSPS) is 18.1. The standard InChI is InChI=1S/C13H25N3O3/c1-13(2,3)12(18)19-16-6-4-10(5-7-16)9-15-11(17)8-14/h10H,4-9,14H2,1-3H3,(H,15,17). The maximum atomic E-state index is 11.7. The maximum Gasteiger partial charge on any atom is 0.330 e. The van der Waals surface area contributed by atoms with E-state index in [1.807, 2.05) is 20.8 Å². The fourth-order valence-corrected chi connectivity index (χ4v) is 1.79. The van der Waals surface area contributed by atoms with Crippen molar-refractivity contribution in [1.29, 1.82) is 0 Å². The first kappa shape index (κ1) is 15.9. The number of carbonyl (C=O) groups is 2. The Morgan fingerprint density at radius 1 is 1.32 bits per heavy atom. The third-order valence-electron chi connectivity index (χ3n) is 3.17. The molecule has 1 aliphatic rings. The summed E-state index contributed by atoms with van der Waals surface area (Å²) in [6.07, 6.45) is 1.81. The fourth-order valence-electron chi connectivity index (χ4n) is 1.79. The molecule has 1 aliphatic heterocycles. The van der Waals surface area contributed by atoms with E-state index in [9.17, 15) is 9.59 Å². The average Bonchev–Trinajstić information content (AvgIpc) is 2.36. The summed E-state index contributed by atoms with van der Waals surface area (Å²) in [5.41, 5.74) is 4.75. The molecule has 0 spiro atoms. The molecule has 6 heteroatoms. The number of rotatable bonds is 4. The third-order valence-corrected chi connectivity index (χ3v) is 3.17. The molecule has 1 saturated heterocycles. The molecule has 0 aliphatic carbocycles. The molecule has 1 rings (SSSR count). The van der Waals surface area contributed by atoms with Crippen LogP contribution in [0.2, 0.25) is 0 Å². The van der Waals surface area contributed by atoms with E-state index in [0.29, 0.717) is 25.6 Å². The summed E-state index contributed by atoms with van der Waals surface area (Å²) in [5.74, 6) is 0.101. The molecule has 0 bridgehead atoms. The van der Waals surface area contributed by atoms with E-state index in [-0.39, 0.29) is 18.4 Å². The number of nitrogens with two attached hydrogens (primary N) is 1. The lowest BCUT2D eigenvalue weighted by Gasteiger charge is -2.32. The highest BCUT2D eigenvalue weighted by atomic mass is 16.7. The summed E-state index contributed by atoms with van der Waals surface area (Å²) in [5, 5.41) is 4.51. The van der Waals surface area contributed by atoms with Crippen LogP contribution in [0.3, 0.4) is 0 Å². The minimum absolute atomic E-state index is 0.0298. The summed E-state index contributed by atoms with van der Waals surface area (Å²) in [4.78, 5) is 28.1. The van der Waals surface area contributed by atoms with E-state index in [2.05, 4.69) is 5.32 Å². The van der Waals surface area contributed by atoms with Crippen LogP contribution in [0.5, 0.6) is 0 Å². The summed E-state index contributed by atoms with van der Waals surface area (Å²) in [6.45, 7) is 7.62. The lowest BCUT2D eigenvalue weighted by atomic mass is 9.97. The lowest BCUT2D eigenvalue weighted by molar-refractivity contribution is -0.205. The molecular formula is C13H25N3O3. The van der Waals surface area contributed by atoms with Gasteiger partial charge in [0.25, 0.3) is 0 Å². The van der Waals surface area contributed by atoms with Crippen LogP contribution in [0.15, 0.2) is 0 Å². The van der Waals surface area contributed by atoms with Crippen molar-refractivity contribution in [2.24, 2.45) is 17.1 Å². The zero-order chi connectivity index (χ0) is 14.5. The second-order valence-corrected chi connectivity index (χ2v) is 6.01. The number of nitrogens with zero attached hydrogens (tertiary/aromatic N) is 1. The number of hydrogen-bond acceptors (Lipinski definition) is 5. The van der Waals surface area contributed by atoms with E-state index >= 15 is 0 Å². The van der Waals surface area contributed by atoms with Crippen LogP contribution in [0, 0.1) is 11.3 Å². The summed E-state index contributed by atoms with van der Waals surface area (Å²) in [7, 11) is 0. The SMILES string of the molecule is CC(C)(C)C(=O)ON1CCC(CNC(=O)CN)CC1. The number of hydrogen-bond donors (Lipinski definition) is 2. The Hall–Kier alpha value is -1.14. The van der Waals surface area contributed by atoms with Gasteiger partial charge in [-0.1, -0.05) is 0 Å². The lowest BCUT2D eigenvalue weighted by Crippen LogP contribution is -2.42. The molecule has 110 valence electrons. The van der Waals surface area contributed by atoms with Gasteiger partial charge in [0, 0.05) is 19.6 Å². The first-order valence-electron chi connectivity index (χ1n) is 6.77. The number of nitrogens with one attached hydrogen (secondary N) is 1. The molecule has 0 aromatic heterocycles. The highest BCUT2D eigenvalue weighted by molar-refractivity contribution is 5.77. The zero-order valence-corrected chi connectivity index (χ0v) is 12.1. The van der Waals surface area contributed by atoms with Crippen molar-refractivity contribution in [2.45, 2.75) is 33.6 Å². The fraction of sp³-hybridized carbons (Fsp3) is 0.846. The quantitative estimate of drug-likeness (QED) is 0.767. The highest BCUT2D eigenvalue weighted by Crippen LogP contribution is 2.20. The number of carbonyl (C=O) groups excluding carboxylic acids is 2. The van der Waals surface area contributed by atoms with Gasteiger partial charge < -0.3 is 15.9 Å². The van der Waals surface area contributed by atoms with Crippen molar-refractivity contribution in [2.75, 3.05) is 26.2 Å². The van der Waals surface area contributed by atoms with Gasteiger partial charge in [-0.2, -0.15) is 0 Å². The first-order chi connectivity index (χ1) is 8.82. The summed E-state index contributed by atoms with van der Waals surface area (Å²) >= 11 is 0. The van der Waals surface area contributed by atoms with Gasteiger partial charge in [0.05, 0.1) is 12.0 Å². The smallest absolute Gasteiger partial charge is 0.330 e. The maximum absolute atomic E-state index is 11.7. The Labute approximate surface area is 114 Å². The van der Waals surface area contributed by atoms with Crippen molar-refractivity contribution in [3.63, 3.8) is 0 Å². The summed E-state index contributed by atoms with van der Waals surface area (Å²) < 4.78 is 0. The number of piperidine rings is 1. The minimum atomic E-state index is -0.480. The molecule has 0 unspecified atom stereocenters. The van der Waals surface area contributed by atoms with Gasteiger partial charge in [-0.15, -0.1) is 5.06 Å². The van der Waals surface area contributed by atoms with Gasteiger partial charge in [0.1, 0.15) is 0 Å². The van der Waals surface area contributed by atoms with Crippen molar-refractivity contribution in [3.05, 3.63) is 0 Å². The van der Waals surface area contributed by atoms with Crippen molar-refractivity contribution < 1.29 is 14.4 Å². The molecule has 6 nitrogen and oxygen atoms in total. The zero-order valence-electron chi connectivity index (χ0n) is 12.1. The van der Waals surface area contributed by atoms with Crippen LogP contribution in [-0.2, 0) is 14.4 Å². The van der Waals surface area contributed by atoms with Crippen molar-refractivity contribution >= 4 is 11.9 Å². The van der Waals surface area contributed by atoms with E-state index in [1.165, 1.54) is 0 Å². The first-order valence-corrected chi connectivity index (χ1v) is 6.77. The minimum Gasteiger partial charge on any atom is -0.367 e. The monoisotopic (exact) mass is 271 g/mol. The van der Waals surface area contributed by atoms with Crippen LogP contribution in [0.25, 0.3) is 0 Å². The molecule has 0 radical (unpaired) electrons. The Morgan fingerprint density at radius 3 is 2.37 bits per heavy atom. The van der Waals surface area contributed by atoms with E-state index < -0.39 is 5.41 Å². The largest absolute Gasteiger partial charge is 0.367 e. The van der Waals surface area contributed by atoms with E-state index in [4.69, 9.17) is 10.6 Å². The Balaban J connectivity index is 2.26. The molecular weight excluding hydrogens is 246 g/mol. The van der Waals surface area contributed by atoms with Gasteiger partial charge in [-0.25, -0.2) is 4.79 Å². The summed E-state index contributed by atoms with van der Waals surface area (Å²) in [6, 6.07) is 0. The van der Waals surface area contributed by atoms with Crippen molar-refractivity contribution in [3.8, 4) is 0 Å². The number of hydroxylamine groups is 2. The molecule has 0 atom stereocenters. The second kappa shape index (κ2) is 6.86. The molecule has 1 amide bonds. The Kier molecular flexibility index (Phi) is 5.75. The van der Waals surface area contributed by atoms with Crippen LogP contribution < -0.4 is 11.1 Å². The topological polar surface area (TPSA) is 84.7 Å². The van der Waals surface area contributed by atoms with Crippen LogP contribution in [0.1, 0.15) is 33.6 Å². The van der Waals surface area contributed by atoms with Gasteiger partial charge >= 0.3 is 5.97 Å². The van der Waals surface area contributed by atoms with Crippen LogP contribution in [-0.4, -0.2) is 43.1 Å². The van der Waals surface area contributed by atoms with Gasteiger partial charge in [-0.3, -0.25) is 4.79 Å².